The average molecular weight is 371 g/mol. The van der Waals surface area contributed by atoms with Crippen LogP contribution in [-0.2, 0) is 0 Å². The highest BCUT2D eigenvalue weighted by atomic mass is 127. The molecule has 0 radical (unpaired) electrons. The van der Waals surface area contributed by atoms with Crippen molar-refractivity contribution in [1.29, 1.82) is 0 Å². The Balaban J connectivity index is 2.28. The van der Waals surface area contributed by atoms with Crippen molar-refractivity contribution in [2.45, 2.75) is 6.92 Å². The number of aryl methyl sites for hydroxylation is 1. The Morgan fingerprint density at radius 3 is 2.68 bits per heavy atom. The van der Waals surface area contributed by atoms with Gasteiger partial charge in [0.1, 0.15) is 11.6 Å². The molecule has 3 nitrogen and oxygen atoms in total. The van der Waals surface area contributed by atoms with Crippen molar-refractivity contribution in [2.75, 3.05) is 5.32 Å². The Morgan fingerprint density at radius 1 is 1.26 bits per heavy atom. The van der Waals surface area contributed by atoms with Crippen LogP contribution < -0.4 is 5.32 Å². The zero-order valence-electron chi connectivity index (χ0n) is 10.1. The van der Waals surface area contributed by atoms with E-state index in [4.69, 9.17) is 0 Å². The van der Waals surface area contributed by atoms with E-state index >= 15 is 0 Å². The van der Waals surface area contributed by atoms with Crippen LogP contribution in [-0.4, -0.2) is 11.0 Å². The van der Waals surface area contributed by atoms with E-state index in [9.17, 15) is 14.3 Å². The molecule has 0 spiro atoms. The molecule has 2 rings (SSSR count). The van der Waals surface area contributed by atoms with Crippen LogP contribution in [0.4, 0.5) is 10.1 Å². The number of halogens is 2. The highest BCUT2D eigenvalue weighted by Gasteiger charge is 2.13. The third kappa shape index (κ3) is 3.23. The summed E-state index contributed by atoms with van der Waals surface area (Å²) in [4.78, 5) is 12.1. The minimum atomic E-state index is -0.425. The second kappa shape index (κ2) is 5.56. The number of rotatable bonds is 2. The quantitative estimate of drug-likeness (QED) is 0.792. The Bertz CT molecular complexity index is 643. The number of carbonyl (C=O) groups is 1. The summed E-state index contributed by atoms with van der Waals surface area (Å²) in [5, 5.41) is 12.3. The fraction of sp³-hybridized carbons (Fsp3) is 0.0714. The highest BCUT2D eigenvalue weighted by molar-refractivity contribution is 14.1. The van der Waals surface area contributed by atoms with E-state index in [-0.39, 0.29) is 17.1 Å². The van der Waals surface area contributed by atoms with Crippen LogP contribution >= 0.6 is 22.6 Å². The molecule has 0 atom stereocenters. The topological polar surface area (TPSA) is 49.3 Å². The number of anilines is 1. The molecule has 1 amide bonds. The standard InChI is InChI=1S/C14H11FINO2/c1-8-2-5-13(18)10(6-8)14(19)17-12-4-3-9(15)7-11(12)16/h2-7,18H,1H3,(H,17,19). The van der Waals surface area contributed by atoms with Crippen LogP contribution in [0.25, 0.3) is 0 Å². The van der Waals surface area contributed by atoms with Crippen molar-refractivity contribution in [2.24, 2.45) is 0 Å². The normalized spacial score (nSPS) is 10.3. The molecule has 98 valence electrons. The molecule has 5 heteroatoms. The summed E-state index contributed by atoms with van der Waals surface area (Å²) in [6.45, 7) is 1.83. The summed E-state index contributed by atoms with van der Waals surface area (Å²) in [5.74, 6) is -0.869. The fourth-order valence-electron chi connectivity index (χ4n) is 1.61. The molecule has 0 aliphatic heterocycles. The molecule has 0 aliphatic carbocycles. The maximum absolute atomic E-state index is 13.0. The molecule has 0 unspecified atom stereocenters. The van der Waals surface area contributed by atoms with Gasteiger partial charge in [0.25, 0.3) is 5.91 Å². The number of carbonyl (C=O) groups excluding carboxylic acids is 1. The number of hydrogen-bond donors (Lipinski definition) is 2. The fourth-order valence-corrected chi connectivity index (χ4v) is 2.22. The summed E-state index contributed by atoms with van der Waals surface area (Å²) in [6.07, 6.45) is 0. The number of amides is 1. The van der Waals surface area contributed by atoms with E-state index in [1.165, 1.54) is 24.3 Å². The van der Waals surface area contributed by atoms with Crippen molar-refractivity contribution < 1.29 is 14.3 Å². The van der Waals surface area contributed by atoms with Crippen molar-refractivity contribution in [3.63, 3.8) is 0 Å². The monoisotopic (exact) mass is 371 g/mol. The molecule has 0 saturated carbocycles. The molecule has 19 heavy (non-hydrogen) atoms. The minimum absolute atomic E-state index is 0.0831. The summed E-state index contributed by atoms with van der Waals surface area (Å²) >= 11 is 1.94. The van der Waals surface area contributed by atoms with Crippen LogP contribution in [0, 0.1) is 16.3 Å². The second-order valence-corrected chi connectivity index (χ2v) is 5.26. The van der Waals surface area contributed by atoms with Crippen molar-refractivity contribution in [3.8, 4) is 5.75 Å². The molecule has 0 bridgehead atoms. The third-order valence-electron chi connectivity index (χ3n) is 2.58. The molecule has 2 N–H and O–H groups in total. The van der Waals surface area contributed by atoms with Gasteiger partial charge in [-0.25, -0.2) is 4.39 Å². The maximum atomic E-state index is 13.0. The first-order chi connectivity index (χ1) is 8.97. The zero-order chi connectivity index (χ0) is 14.0. The van der Waals surface area contributed by atoms with Gasteiger partial charge in [-0.2, -0.15) is 0 Å². The molecule has 2 aromatic rings. The van der Waals surface area contributed by atoms with Crippen LogP contribution in [0.3, 0.4) is 0 Å². The number of phenols is 1. The first-order valence-electron chi connectivity index (χ1n) is 5.53. The first kappa shape index (κ1) is 13.8. The Hall–Kier alpha value is -1.63. The molecule has 0 saturated heterocycles. The average Bonchev–Trinajstić information content (AvgIpc) is 2.35. The summed E-state index contributed by atoms with van der Waals surface area (Å²) < 4.78 is 13.6. The van der Waals surface area contributed by atoms with Gasteiger partial charge in [0.05, 0.1) is 11.3 Å². The van der Waals surface area contributed by atoms with Crippen molar-refractivity contribution in [1.82, 2.24) is 0 Å². The van der Waals surface area contributed by atoms with Gasteiger partial charge < -0.3 is 10.4 Å². The number of benzene rings is 2. The molecule has 0 aromatic heterocycles. The number of aromatic hydroxyl groups is 1. The van der Waals surface area contributed by atoms with Crippen LogP contribution in [0.15, 0.2) is 36.4 Å². The van der Waals surface area contributed by atoms with Gasteiger partial charge in [-0.1, -0.05) is 11.6 Å². The van der Waals surface area contributed by atoms with Crippen LogP contribution in [0.1, 0.15) is 15.9 Å². The van der Waals surface area contributed by atoms with Crippen molar-refractivity contribution in [3.05, 3.63) is 56.9 Å². The van der Waals surface area contributed by atoms with E-state index in [1.54, 1.807) is 12.1 Å². The molecule has 0 aliphatic rings. The first-order valence-corrected chi connectivity index (χ1v) is 6.61. The van der Waals surface area contributed by atoms with Crippen LogP contribution in [0.5, 0.6) is 5.75 Å². The lowest BCUT2D eigenvalue weighted by Gasteiger charge is -2.09. The van der Waals surface area contributed by atoms with Crippen LogP contribution in [0.2, 0.25) is 0 Å². The van der Waals surface area contributed by atoms with Gasteiger partial charge in [-0.3, -0.25) is 4.79 Å². The summed E-state index contributed by atoms with van der Waals surface area (Å²) in [5.41, 5.74) is 1.57. The van der Waals surface area contributed by atoms with Gasteiger partial charge in [-0.15, -0.1) is 0 Å². The SMILES string of the molecule is Cc1ccc(O)c(C(=O)Nc2ccc(F)cc2I)c1. The molecular weight excluding hydrogens is 360 g/mol. The number of hydrogen-bond acceptors (Lipinski definition) is 2. The lowest BCUT2D eigenvalue weighted by molar-refractivity contribution is 0.102. The molecule has 0 fully saturated rings. The van der Waals surface area contributed by atoms with E-state index < -0.39 is 5.91 Å². The highest BCUT2D eigenvalue weighted by Crippen LogP contribution is 2.23. The molecular formula is C14H11FINO2. The summed E-state index contributed by atoms with van der Waals surface area (Å²) in [7, 11) is 0. The lowest BCUT2D eigenvalue weighted by Crippen LogP contribution is -2.13. The van der Waals surface area contributed by atoms with Crippen molar-refractivity contribution >= 4 is 34.2 Å². The Kier molecular flexibility index (Phi) is 4.04. The smallest absolute Gasteiger partial charge is 0.259 e. The van der Waals surface area contributed by atoms with E-state index in [1.807, 2.05) is 29.5 Å². The predicted molar refractivity (Wildman–Crippen MR) is 79.9 cm³/mol. The molecule has 2 aromatic carbocycles. The predicted octanol–water partition coefficient (Wildman–Crippen LogP) is 3.70. The van der Waals surface area contributed by atoms with Gasteiger partial charge in [-0.05, 0) is 59.8 Å². The van der Waals surface area contributed by atoms with Gasteiger partial charge in [0.15, 0.2) is 0 Å². The number of phenolic OH excluding ortho intramolecular Hbond substituents is 1. The van der Waals surface area contributed by atoms with Gasteiger partial charge in [0.2, 0.25) is 0 Å². The lowest BCUT2D eigenvalue weighted by atomic mass is 10.1. The van der Waals surface area contributed by atoms with Gasteiger partial charge in [0, 0.05) is 3.57 Å². The zero-order valence-corrected chi connectivity index (χ0v) is 12.2. The van der Waals surface area contributed by atoms with E-state index in [2.05, 4.69) is 5.32 Å². The van der Waals surface area contributed by atoms with E-state index in [0.717, 1.165) is 5.56 Å². The maximum Gasteiger partial charge on any atom is 0.259 e. The largest absolute Gasteiger partial charge is 0.507 e. The Labute approximate surface area is 123 Å². The number of nitrogens with one attached hydrogen (secondary N) is 1. The minimum Gasteiger partial charge on any atom is -0.507 e. The second-order valence-electron chi connectivity index (χ2n) is 4.10. The molecule has 0 heterocycles. The van der Waals surface area contributed by atoms with Gasteiger partial charge >= 0.3 is 0 Å². The Morgan fingerprint density at radius 2 is 2.00 bits per heavy atom. The van der Waals surface area contributed by atoms with E-state index in [0.29, 0.717) is 9.26 Å². The summed E-state index contributed by atoms with van der Waals surface area (Å²) in [6, 6.07) is 8.87. The third-order valence-corrected chi connectivity index (χ3v) is 3.47.